The molecule has 1 aromatic rings. The second-order valence-corrected chi connectivity index (χ2v) is 4.39. The average molecular weight is 339 g/mol. The molecule has 0 saturated heterocycles. The van der Waals surface area contributed by atoms with Crippen LogP contribution in [0.4, 0.5) is 18.9 Å². The molecule has 0 atom stereocenters. The molecule has 9 heteroatoms. The number of ether oxygens (including phenoxy) is 1. The van der Waals surface area contributed by atoms with Crippen molar-refractivity contribution in [2.45, 2.75) is 13.1 Å². The minimum atomic E-state index is -4.67. The zero-order valence-corrected chi connectivity index (χ0v) is 12.8. The molecule has 0 fully saturated rings. The Balaban J connectivity index is 3.42. The van der Waals surface area contributed by atoms with E-state index in [1.165, 1.54) is 14.2 Å². The van der Waals surface area contributed by atoms with Gasteiger partial charge in [0.2, 0.25) is 0 Å². The topological polar surface area (TPSA) is 51.1 Å². The van der Waals surface area contributed by atoms with E-state index in [1.807, 2.05) is 0 Å². The lowest BCUT2D eigenvalue weighted by molar-refractivity contribution is -0.137. The second-order valence-electron chi connectivity index (χ2n) is 4.01. The zero-order valence-electron chi connectivity index (χ0n) is 12.1. The molecule has 0 N–H and O–H groups in total. The van der Waals surface area contributed by atoms with Gasteiger partial charge in [0.05, 0.1) is 35.6 Å². The van der Waals surface area contributed by atoms with E-state index in [9.17, 15) is 18.0 Å². The normalized spacial score (nSPS) is 11.8. The molecule has 0 amide bonds. The first-order valence-corrected chi connectivity index (χ1v) is 6.48. The fraction of sp³-hybridized carbons (Fsp3) is 0.385. The predicted molar refractivity (Wildman–Crippen MR) is 75.3 cm³/mol. The Morgan fingerprint density at radius 3 is 2.59 bits per heavy atom. The maximum atomic E-state index is 13.0. The van der Waals surface area contributed by atoms with Crippen LogP contribution in [-0.4, -0.2) is 38.1 Å². The van der Waals surface area contributed by atoms with Crippen LogP contribution in [0.5, 0.6) is 0 Å². The number of nitrogens with zero attached hydrogens (tertiary/aromatic N) is 2. The summed E-state index contributed by atoms with van der Waals surface area (Å²) >= 11 is 5.90. The quantitative estimate of drug-likeness (QED) is 0.355. The molecule has 0 heterocycles. The van der Waals surface area contributed by atoms with Crippen molar-refractivity contribution in [3.63, 3.8) is 0 Å². The van der Waals surface area contributed by atoms with E-state index in [-0.39, 0.29) is 12.2 Å². The Morgan fingerprint density at radius 2 is 2.09 bits per heavy atom. The summed E-state index contributed by atoms with van der Waals surface area (Å²) in [5.74, 6) is -0.822. The Morgan fingerprint density at radius 1 is 1.45 bits per heavy atom. The zero-order chi connectivity index (χ0) is 16.9. The molecular formula is C13H14ClF3N2O3. The van der Waals surface area contributed by atoms with Gasteiger partial charge in [0.25, 0.3) is 0 Å². The van der Waals surface area contributed by atoms with Crippen molar-refractivity contribution in [1.29, 1.82) is 0 Å². The molecule has 0 aromatic heterocycles. The van der Waals surface area contributed by atoms with E-state index < -0.39 is 28.4 Å². The largest absolute Gasteiger partial charge is 0.462 e. The molecule has 122 valence electrons. The molecular weight excluding hydrogens is 325 g/mol. The Hall–Kier alpha value is -1.80. The minimum absolute atomic E-state index is 0.0706. The molecule has 1 aromatic carbocycles. The summed E-state index contributed by atoms with van der Waals surface area (Å²) in [6.07, 6.45) is -3.67. The van der Waals surface area contributed by atoms with Gasteiger partial charge in [-0.05, 0) is 19.1 Å². The van der Waals surface area contributed by atoms with Crippen LogP contribution >= 0.6 is 11.6 Å². The number of hydrogen-bond acceptors (Lipinski definition) is 4. The van der Waals surface area contributed by atoms with Gasteiger partial charge in [-0.25, -0.2) is 14.9 Å². The fourth-order valence-corrected chi connectivity index (χ4v) is 1.76. The van der Waals surface area contributed by atoms with E-state index in [1.54, 1.807) is 6.92 Å². The van der Waals surface area contributed by atoms with Crippen LogP contribution in [0, 0.1) is 0 Å². The summed E-state index contributed by atoms with van der Waals surface area (Å²) in [4.78, 5) is 20.1. The van der Waals surface area contributed by atoms with Crippen LogP contribution in [0.25, 0.3) is 0 Å². The maximum Gasteiger partial charge on any atom is 0.418 e. The highest BCUT2D eigenvalue weighted by Crippen LogP contribution is 2.41. The molecule has 0 spiro atoms. The van der Waals surface area contributed by atoms with Gasteiger partial charge < -0.3 is 4.74 Å². The highest BCUT2D eigenvalue weighted by molar-refractivity contribution is 6.36. The summed E-state index contributed by atoms with van der Waals surface area (Å²) in [6, 6.07) is 1.69. The number of hydrogen-bond donors (Lipinski definition) is 0. The molecule has 0 bridgehead atoms. The van der Waals surface area contributed by atoms with Crippen LogP contribution < -0.4 is 0 Å². The summed E-state index contributed by atoms with van der Waals surface area (Å²) in [6.45, 7) is 1.64. The maximum absolute atomic E-state index is 13.0. The minimum Gasteiger partial charge on any atom is -0.462 e. The van der Waals surface area contributed by atoms with Gasteiger partial charge in [-0.1, -0.05) is 11.6 Å². The predicted octanol–water partition coefficient (Wildman–Crippen LogP) is 3.69. The molecule has 0 unspecified atom stereocenters. The van der Waals surface area contributed by atoms with Crippen molar-refractivity contribution in [2.24, 2.45) is 4.99 Å². The first kappa shape index (κ1) is 18.2. The van der Waals surface area contributed by atoms with E-state index in [2.05, 4.69) is 4.99 Å². The van der Waals surface area contributed by atoms with Crippen LogP contribution in [0.3, 0.4) is 0 Å². The molecule has 0 aliphatic carbocycles. The Kier molecular flexibility index (Phi) is 6.19. The number of carbonyl (C=O) groups excluding carboxylic acids is 1. The van der Waals surface area contributed by atoms with Crippen LogP contribution in [0.1, 0.15) is 22.8 Å². The van der Waals surface area contributed by atoms with Gasteiger partial charge in [-0.2, -0.15) is 13.2 Å². The van der Waals surface area contributed by atoms with Gasteiger partial charge in [0.1, 0.15) is 6.34 Å². The molecule has 0 radical (unpaired) electrons. The lowest BCUT2D eigenvalue weighted by Crippen LogP contribution is -2.14. The molecule has 22 heavy (non-hydrogen) atoms. The second kappa shape index (κ2) is 7.46. The third-order valence-corrected chi connectivity index (χ3v) is 2.94. The molecule has 0 aliphatic heterocycles. The number of hydroxylamine groups is 2. The average Bonchev–Trinajstić information content (AvgIpc) is 2.44. The first-order chi connectivity index (χ1) is 10.2. The smallest absolute Gasteiger partial charge is 0.418 e. The van der Waals surface area contributed by atoms with Crippen molar-refractivity contribution in [1.82, 2.24) is 5.06 Å². The van der Waals surface area contributed by atoms with Gasteiger partial charge >= 0.3 is 12.1 Å². The SMILES string of the molecule is CCOC(=O)c1ccc(C(F)(F)F)c(/N=C/N(C)OC)c1Cl. The standard InChI is InChI=1S/C13H14ClF3N2O3/c1-4-22-12(20)8-5-6-9(13(15,16)17)11(10(8)14)18-7-19(2)21-3/h5-7H,4H2,1-3H3/b18-7+. The number of aliphatic imine (C=N–C) groups is 1. The van der Waals surface area contributed by atoms with E-state index in [4.69, 9.17) is 21.2 Å². The molecule has 5 nitrogen and oxygen atoms in total. The number of benzene rings is 1. The summed E-state index contributed by atoms with van der Waals surface area (Å²) in [5.41, 5.74) is -1.83. The van der Waals surface area contributed by atoms with E-state index >= 15 is 0 Å². The summed E-state index contributed by atoms with van der Waals surface area (Å²) in [5, 5.41) is 0.641. The van der Waals surface area contributed by atoms with Crippen LogP contribution in [-0.2, 0) is 15.8 Å². The Bertz CT molecular complexity index is 576. The van der Waals surface area contributed by atoms with Gasteiger partial charge in [-0.15, -0.1) is 0 Å². The lowest BCUT2D eigenvalue weighted by Gasteiger charge is -2.14. The first-order valence-electron chi connectivity index (χ1n) is 6.10. The van der Waals surface area contributed by atoms with Crippen molar-refractivity contribution >= 4 is 29.6 Å². The highest BCUT2D eigenvalue weighted by atomic mass is 35.5. The number of esters is 1. The number of alkyl halides is 3. The highest BCUT2D eigenvalue weighted by Gasteiger charge is 2.35. The van der Waals surface area contributed by atoms with Gasteiger partial charge in [0, 0.05) is 7.05 Å². The van der Waals surface area contributed by atoms with Gasteiger partial charge in [-0.3, -0.25) is 4.84 Å². The van der Waals surface area contributed by atoms with Crippen LogP contribution in [0.2, 0.25) is 5.02 Å². The van der Waals surface area contributed by atoms with Crippen molar-refractivity contribution in [3.05, 3.63) is 28.3 Å². The third-order valence-electron chi connectivity index (χ3n) is 2.55. The molecule has 0 saturated carbocycles. The van der Waals surface area contributed by atoms with E-state index in [0.717, 1.165) is 23.5 Å². The lowest BCUT2D eigenvalue weighted by atomic mass is 10.1. The van der Waals surface area contributed by atoms with Crippen molar-refractivity contribution < 1.29 is 27.5 Å². The summed E-state index contributed by atoms with van der Waals surface area (Å²) in [7, 11) is 2.74. The summed E-state index contributed by atoms with van der Waals surface area (Å²) < 4.78 is 43.8. The third kappa shape index (κ3) is 4.35. The molecule has 1 rings (SSSR count). The monoisotopic (exact) mass is 338 g/mol. The number of rotatable bonds is 5. The van der Waals surface area contributed by atoms with Crippen molar-refractivity contribution in [2.75, 3.05) is 20.8 Å². The van der Waals surface area contributed by atoms with E-state index in [0.29, 0.717) is 0 Å². The Labute approximate surface area is 130 Å². The van der Waals surface area contributed by atoms with Crippen LogP contribution in [0.15, 0.2) is 17.1 Å². The molecule has 0 aliphatic rings. The number of halogens is 4. The fourth-order valence-electron chi connectivity index (χ4n) is 1.47. The van der Waals surface area contributed by atoms with Crippen molar-refractivity contribution in [3.8, 4) is 0 Å². The van der Waals surface area contributed by atoms with Gasteiger partial charge in [0.15, 0.2) is 0 Å². The number of carbonyl (C=O) groups is 1.